The number of aromatic hydroxyl groups is 2. The molecule has 0 heterocycles. The van der Waals surface area contributed by atoms with Gasteiger partial charge in [0.15, 0.2) is 0 Å². The summed E-state index contributed by atoms with van der Waals surface area (Å²) in [5.41, 5.74) is 1.01. The van der Waals surface area contributed by atoms with Crippen molar-refractivity contribution in [3.8, 4) is 11.5 Å². The predicted octanol–water partition coefficient (Wildman–Crippen LogP) is 5.34. The normalized spacial score (nSPS) is 11.2. The van der Waals surface area contributed by atoms with E-state index in [0.717, 1.165) is 31.2 Å². The van der Waals surface area contributed by atoms with Crippen molar-refractivity contribution >= 4 is 0 Å². The second-order valence-electron chi connectivity index (χ2n) is 5.42. The van der Waals surface area contributed by atoms with E-state index in [0.29, 0.717) is 0 Å². The van der Waals surface area contributed by atoms with Crippen molar-refractivity contribution in [2.45, 2.75) is 64.7 Å². The summed E-state index contributed by atoms with van der Waals surface area (Å²) in [5, 5.41) is 18.8. The predicted molar refractivity (Wildman–Crippen MR) is 85.2 cm³/mol. The number of allylic oxidation sites excluding steroid dienone is 2. The average molecular weight is 276 g/mol. The van der Waals surface area contributed by atoms with Gasteiger partial charge >= 0.3 is 0 Å². The topological polar surface area (TPSA) is 40.5 Å². The maximum absolute atomic E-state index is 9.38. The Labute approximate surface area is 123 Å². The lowest BCUT2D eigenvalue weighted by molar-refractivity contribution is 0.449. The largest absolute Gasteiger partial charge is 0.508 e. The van der Waals surface area contributed by atoms with Crippen molar-refractivity contribution in [2.75, 3.05) is 0 Å². The minimum Gasteiger partial charge on any atom is -0.508 e. The van der Waals surface area contributed by atoms with Gasteiger partial charge in [-0.3, -0.25) is 0 Å². The zero-order chi connectivity index (χ0) is 14.6. The van der Waals surface area contributed by atoms with Gasteiger partial charge in [-0.1, -0.05) is 38.3 Å². The van der Waals surface area contributed by atoms with Crippen molar-refractivity contribution in [1.29, 1.82) is 0 Å². The lowest BCUT2D eigenvalue weighted by atomic mass is 10.1. The Morgan fingerprint density at radius 2 is 1.40 bits per heavy atom. The Balaban J connectivity index is 2.05. The smallest absolute Gasteiger partial charge is 0.119 e. The molecule has 0 spiro atoms. The van der Waals surface area contributed by atoms with Gasteiger partial charge in [0, 0.05) is 6.07 Å². The molecule has 112 valence electrons. The highest BCUT2D eigenvalue weighted by atomic mass is 16.3. The summed E-state index contributed by atoms with van der Waals surface area (Å²) in [6.07, 6.45) is 15.4. The third-order valence-electron chi connectivity index (χ3n) is 3.44. The summed E-state index contributed by atoms with van der Waals surface area (Å²) in [6.45, 7) is 2.24. The molecule has 0 aliphatic rings. The van der Waals surface area contributed by atoms with Gasteiger partial charge in [0.2, 0.25) is 0 Å². The molecule has 0 aliphatic carbocycles. The van der Waals surface area contributed by atoms with Crippen LogP contribution in [0.25, 0.3) is 0 Å². The molecule has 0 saturated carbocycles. The fourth-order valence-corrected chi connectivity index (χ4v) is 2.32. The molecule has 0 radical (unpaired) electrons. The van der Waals surface area contributed by atoms with Gasteiger partial charge in [-0.2, -0.15) is 0 Å². The molecular formula is C18H28O2. The molecule has 2 heteroatoms. The zero-order valence-corrected chi connectivity index (χ0v) is 12.6. The van der Waals surface area contributed by atoms with Crippen LogP contribution in [-0.4, -0.2) is 10.2 Å². The van der Waals surface area contributed by atoms with Crippen molar-refractivity contribution < 1.29 is 10.2 Å². The van der Waals surface area contributed by atoms with E-state index >= 15 is 0 Å². The molecule has 0 aliphatic heterocycles. The van der Waals surface area contributed by atoms with Crippen LogP contribution in [0.5, 0.6) is 11.5 Å². The van der Waals surface area contributed by atoms with Crippen LogP contribution in [0.1, 0.15) is 63.9 Å². The molecule has 1 rings (SSSR count). The van der Waals surface area contributed by atoms with Gasteiger partial charge < -0.3 is 10.2 Å². The van der Waals surface area contributed by atoms with Crippen LogP contribution in [0.15, 0.2) is 30.4 Å². The lowest BCUT2D eigenvalue weighted by Crippen LogP contribution is -1.85. The molecule has 20 heavy (non-hydrogen) atoms. The third kappa shape index (κ3) is 7.88. The van der Waals surface area contributed by atoms with Gasteiger partial charge in [-0.05, 0) is 56.2 Å². The molecule has 2 nitrogen and oxygen atoms in total. The summed E-state index contributed by atoms with van der Waals surface area (Å²) >= 11 is 0. The fraction of sp³-hybridized carbons (Fsp3) is 0.556. The van der Waals surface area contributed by atoms with Crippen molar-refractivity contribution in [3.63, 3.8) is 0 Å². The van der Waals surface area contributed by atoms with Crippen molar-refractivity contribution in [3.05, 3.63) is 35.9 Å². The van der Waals surface area contributed by atoms with E-state index in [9.17, 15) is 10.2 Å². The number of unbranched alkanes of at least 4 members (excludes halogenated alkanes) is 6. The Morgan fingerprint density at radius 3 is 2.00 bits per heavy atom. The summed E-state index contributed by atoms with van der Waals surface area (Å²) < 4.78 is 0. The van der Waals surface area contributed by atoms with E-state index in [1.807, 2.05) is 0 Å². The van der Waals surface area contributed by atoms with Gasteiger partial charge in [-0.25, -0.2) is 0 Å². The third-order valence-corrected chi connectivity index (χ3v) is 3.44. The highest BCUT2D eigenvalue weighted by molar-refractivity contribution is 5.36. The number of hydrogen-bond acceptors (Lipinski definition) is 2. The van der Waals surface area contributed by atoms with Crippen LogP contribution in [-0.2, 0) is 6.42 Å². The van der Waals surface area contributed by atoms with Crippen molar-refractivity contribution in [2.24, 2.45) is 0 Å². The SMILES string of the molecule is CCCCCC/C=C\CCCCc1cc(O)cc(O)c1. The van der Waals surface area contributed by atoms with E-state index in [1.165, 1.54) is 38.2 Å². The number of phenols is 2. The Kier molecular flexibility index (Phi) is 8.61. The van der Waals surface area contributed by atoms with Crippen LogP contribution in [0.2, 0.25) is 0 Å². The molecule has 0 aromatic heterocycles. The molecule has 0 bridgehead atoms. The summed E-state index contributed by atoms with van der Waals surface area (Å²) in [4.78, 5) is 0. The van der Waals surface area contributed by atoms with Gasteiger partial charge in [0.1, 0.15) is 11.5 Å². The highest BCUT2D eigenvalue weighted by Gasteiger charge is 1.98. The summed E-state index contributed by atoms with van der Waals surface area (Å²) in [5.74, 6) is 0.291. The Hall–Kier alpha value is -1.44. The quantitative estimate of drug-likeness (QED) is 0.447. The summed E-state index contributed by atoms with van der Waals surface area (Å²) in [6, 6.07) is 4.82. The maximum atomic E-state index is 9.38. The molecule has 0 amide bonds. The molecular weight excluding hydrogens is 248 g/mol. The first kappa shape index (κ1) is 16.6. The molecule has 1 aromatic rings. The van der Waals surface area contributed by atoms with E-state index in [4.69, 9.17) is 0 Å². The molecule has 1 aromatic carbocycles. The lowest BCUT2D eigenvalue weighted by Gasteiger charge is -2.02. The van der Waals surface area contributed by atoms with Gasteiger partial charge in [0.25, 0.3) is 0 Å². The van der Waals surface area contributed by atoms with Crippen LogP contribution in [0.4, 0.5) is 0 Å². The first-order chi connectivity index (χ1) is 9.72. The van der Waals surface area contributed by atoms with Crippen LogP contribution >= 0.6 is 0 Å². The van der Waals surface area contributed by atoms with Crippen molar-refractivity contribution in [1.82, 2.24) is 0 Å². The minimum absolute atomic E-state index is 0.145. The Bertz CT molecular complexity index is 376. The van der Waals surface area contributed by atoms with Crippen LogP contribution in [0, 0.1) is 0 Å². The van der Waals surface area contributed by atoms with E-state index in [-0.39, 0.29) is 11.5 Å². The Morgan fingerprint density at radius 1 is 0.800 bits per heavy atom. The average Bonchev–Trinajstić information content (AvgIpc) is 2.40. The first-order valence-corrected chi connectivity index (χ1v) is 7.89. The highest BCUT2D eigenvalue weighted by Crippen LogP contribution is 2.21. The minimum atomic E-state index is 0.145. The number of rotatable bonds is 10. The van der Waals surface area contributed by atoms with E-state index in [1.54, 1.807) is 12.1 Å². The number of phenolic OH excluding ortho intramolecular Hbond substituents is 2. The first-order valence-electron chi connectivity index (χ1n) is 7.89. The molecule has 0 atom stereocenters. The second kappa shape index (κ2) is 10.4. The fourth-order valence-electron chi connectivity index (χ4n) is 2.32. The second-order valence-corrected chi connectivity index (χ2v) is 5.42. The van der Waals surface area contributed by atoms with E-state index < -0.39 is 0 Å². The summed E-state index contributed by atoms with van der Waals surface area (Å²) in [7, 11) is 0. The maximum Gasteiger partial charge on any atom is 0.119 e. The zero-order valence-electron chi connectivity index (χ0n) is 12.6. The molecule has 0 fully saturated rings. The number of benzene rings is 1. The number of aryl methyl sites for hydroxylation is 1. The standard InChI is InChI=1S/C18H28O2/c1-2-3-4-5-6-7-8-9-10-11-12-16-13-17(19)15-18(20)14-16/h7-8,13-15,19-20H,2-6,9-12H2,1H3/b8-7-. The van der Waals surface area contributed by atoms with Gasteiger partial charge in [0.05, 0.1) is 0 Å². The number of hydrogen-bond donors (Lipinski definition) is 2. The molecule has 2 N–H and O–H groups in total. The van der Waals surface area contributed by atoms with Crippen LogP contribution < -0.4 is 0 Å². The van der Waals surface area contributed by atoms with E-state index in [2.05, 4.69) is 19.1 Å². The molecule has 0 unspecified atom stereocenters. The van der Waals surface area contributed by atoms with Crippen LogP contribution in [0.3, 0.4) is 0 Å². The van der Waals surface area contributed by atoms with Gasteiger partial charge in [-0.15, -0.1) is 0 Å². The monoisotopic (exact) mass is 276 g/mol. The molecule has 0 saturated heterocycles.